The molecule has 7 nitrogen and oxygen atoms in total. The number of nitrogens with zero attached hydrogens (tertiary/aromatic N) is 4. The Kier molecular flexibility index (Phi) is 6.70. The molecule has 0 unspecified atom stereocenters. The summed E-state index contributed by atoms with van der Waals surface area (Å²) in [6.45, 7) is 7.19. The average molecular weight is 448 g/mol. The summed E-state index contributed by atoms with van der Waals surface area (Å²) < 4.78 is 1.87. The van der Waals surface area contributed by atoms with Crippen molar-refractivity contribution in [1.82, 2.24) is 20.1 Å². The van der Waals surface area contributed by atoms with Crippen LogP contribution in [0.5, 0.6) is 0 Å². The van der Waals surface area contributed by atoms with Gasteiger partial charge in [-0.3, -0.25) is 9.59 Å². The fourth-order valence-corrected chi connectivity index (χ4v) is 4.56. The molecular formula is C24H25N5O2S. The quantitative estimate of drug-likeness (QED) is 0.423. The van der Waals surface area contributed by atoms with Gasteiger partial charge in [-0.05, 0) is 37.1 Å². The van der Waals surface area contributed by atoms with Crippen molar-refractivity contribution in [2.75, 3.05) is 17.2 Å². The number of amides is 2. The molecule has 1 aliphatic heterocycles. The average Bonchev–Trinajstić information content (AvgIpc) is 3.40. The lowest BCUT2D eigenvalue weighted by Gasteiger charge is -2.17. The maximum Gasteiger partial charge on any atom is 0.251 e. The van der Waals surface area contributed by atoms with Crippen LogP contribution in [0.25, 0.3) is 0 Å². The number of fused-ring (bicyclic) bond motifs is 1. The largest absolute Gasteiger partial charge is 0.345 e. The molecule has 2 aromatic carbocycles. The van der Waals surface area contributed by atoms with Crippen LogP contribution in [0.3, 0.4) is 0 Å². The van der Waals surface area contributed by atoms with Crippen LogP contribution in [-0.2, 0) is 24.3 Å². The van der Waals surface area contributed by atoms with E-state index in [1.807, 2.05) is 52.8 Å². The summed E-state index contributed by atoms with van der Waals surface area (Å²) in [6.07, 6.45) is 2.63. The third kappa shape index (κ3) is 4.75. The second kappa shape index (κ2) is 9.82. The summed E-state index contributed by atoms with van der Waals surface area (Å²) in [5.41, 5.74) is 3.82. The summed E-state index contributed by atoms with van der Waals surface area (Å²) in [5.74, 6) is 0.757. The number of hydrogen-bond acceptors (Lipinski definition) is 5. The number of aromatic nitrogens is 3. The first-order chi connectivity index (χ1) is 15.6. The van der Waals surface area contributed by atoms with E-state index < -0.39 is 0 Å². The van der Waals surface area contributed by atoms with Crippen LogP contribution in [0.1, 0.15) is 27.3 Å². The first kappa shape index (κ1) is 21.8. The Morgan fingerprint density at radius 1 is 1.19 bits per heavy atom. The van der Waals surface area contributed by atoms with Gasteiger partial charge in [0.05, 0.1) is 12.3 Å². The van der Waals surface area contributed by atoms with Crippen molar-refractivity contribution >= 4 is 29.3 Å². The van der Waals surface area contributed by atoms with Gasteiger partial charge in [-0.1, -0.05) is 53.7 Å². The van der Waals surface area contributed by atoms with Crippen LogP contribution in [0, 0.1) is 6.92 Å². The Labute approximate surface area is 191 Å². The normalized spacial score (nSPS) is 12.5. The van der Waals surface area contributed by atoms with Crippen LogP contribution in [-0.4, -0.2) is 38.9 Å². The van der Waals surface area contributed by atoms with E-state index >= 15 is 0 Å². The summed E-state index contributed by atoms with van der Waals surface area (Å²) in [5, 5.41) is 12.0. The van der Waals surface area contributed by atoms with Gasteiger partial charge >= 0.3 is 0 Å². The van der Waals surface area contributed by atoms with Gasteiger partial charge in [-0.2, -0.15) is 0 Å². The van der Waals surface area contributed by atoms with Crippen LogP contribution in [0.4, 0.5) is 5.69 Å². The molecule has 0 spiro atoms. The van der Waals surface area contributed by atoms with Gasteiger partial charge < -0.3 is 14.8 Å². The SMILES string of the molecule is C=CCn1c(CNC(=O)c2cccc(C)c2)nnc1SCC(=O)N1CCc2ccccc21. The van der Waals surface area contributed by atoms with Crippen molar-refractivity contribution in [3.63, 3.8) is 0 Å². The highest BCUT2D eigenvalue weighted by molar-refractivity contribution is 7.99. The molecule has 1 aromatic heterocycles. The van der Waals surface area contributed by atoms with E-state index in [9.17, 15) is 9.59 Å². The molecule has 0 saturated carbocycles. The molecule has 0 saturated heterocycles. The highest BCUT2D eigenvalue weighted by Gasteiger charge is 2.24. The number of aryl methyl sites for hydroxylation is 1. The summed E-state index contributed by atoms with van der Waals surface area (Å²) >= 11 is 1.35. The zero-order valence-electron chi connectivity index (χ0n) is 18.0. The monoisotopic (exact) mass is 447 g/mol. The molecule has 0 fully saturated rings. The summed E-state index contributed by atoms with van der Waals surface area (Å²) in [4.78, 5) is 27.1. The van der Waals surface area contributed by atoms with E-state index in [2.05, 4.69) is 28.2 Å². The molecule has 2 amide bonds. The number of hydrogen-bond donors (Lipinski definition) is 1. The third-order valence-electron chi connectivity index (χ3n) is 5.31. The van der Waals surface area contributed by atoms with Crippen molar-refractivity contribution < 1.29 is 9.59 Å². The molecule has 3 aromatic rings. The van der Waals surface area contributed by atoms with Gasteiger partial charge in [0.25, 0.3) is 5.91 Å². The molecule has 0 bridgehead atoms. The Morgan fingerprint density at radius 3 is 2.84 bits per heavy atom. The number of para-hydroxylation sites is 1. The van der Waals surface area contributed by atoms with Crippen molar-refractivity contribution in [1.29, 1.82) is 0 Å². The van der Waals surface area contributed by atoms with Gasteiger partial charge in [0.1, 0.15) is 0 Å². The molecule has 0 radical (unpaired) electrons. The Hall–Kier alpha value is -3.39. The minimum absolute atomic E-state index is 0.0439. The van der Waals surface area contributed by atoms with E-state index in [1.165, 1.54) is 17.3 Å². The molecule has 4 rings (SSSR count). The maximum atomic E-state index is 12.8. The van der Waals surface area contributed by atoms with E-state index in [-0.39, 0.29) is 24.1 Å². The molecule has 0 aliphatic carbocycles. The summed E-state index contributed by atoms with van der Waals surface area (Å²) in [6, 6.07) is 15.4. The zero-order valence-corrected chi connectivity index (χ0v) is 18.8. The van der Waals surface area contributed by atoms with Gasteiger partial charge in [-0.15, -0.1) is 16.8 Å². The highest BCUT2D eigenvalue weighted by atomic mass is 32.2. The van der Waals surface area contributed by atoms with Crippen LogP contribution >= 0.6 is 11.8 Å². The number of nitrogens with one attached hydrogen (secondary N) is 1. The Balaban J connectivity index is 1.40. The first-order valence-corrected chi connectivity index (χ1v) is 11.4. The topological polar surface area (TPSA) is 80.1 Å². The molecule has 32 heavy (non-hydrogen) atoms. The number of benzene rings is 2. The van der Waals surface area contributed by atoms with Crippen molar-refractivity contribution in [3.8, 4) is 0 Å². The molecule has 1 aliphatic rings. The summed E-state index contributed by atoms with van der Waals surface area (Å²) in [7, 11) is 0. The third-order valence-corrected chi connectivity index (χ3v) is 6.26. The second-order valence-electron chi connectivity index (χ2n) is 7.56. The molecule has 164 valence electrons. The van der Waals surface area contributed by atoms with Crippen molar-refractivity contribution in [3.05, 3.63) is 83.7 Å². The number of carbonyl (C=O) groups is 2. The minimum atomic E-state index is -0.168. The predicted molar refractivity (Wildman–Crippen MR) is 126 cm³/mol. The van der Waals surface area contributed by atoms with E-state index in [4.69, 9.17) is 0 Å². The molecular weight excluding hydrogens is 422 g/mol. The van der Waals surface area contributed by atoms with Gasteiger partial charge in [0, 0.05) is 24.3 Å². The molecule has 8 heteroatoms. The number of rotatable bonds is 8. The lowest BCUT2D eigenvalue weighted by molar-refractivity contribution is -0.116. The predicted octanol–water partition coefficient (Wildman–Crippen LogP) is 3.38. The minimum Gasteiger partial charge on any atom is -0.345 e. The molecule has 2 heterocycles. The highest BCUT2D eigenvalue weighted by Crippen LogP contribution is 2.28. The Bertz CT molecular complexity index is 1160. The van der Waals surface area contributed by atoms with Crippen molar-refractivity contribution in [2.45, 2.75) is 31.6 Å². The van der Waals surface area contributed by atoms with Gasteiger partial charge in [0.15, 0.2) is 11.0 Å². The number of thioether (sulfide) groups is 1. The second-order valence-corrected chi connectivity index (χ2v) is 8.51. The van der Waals surface area contributed by atoms with E-state index in [0.29, 0.717) is 29.6 Å². The lowest BCUT2D eigenvalue weighted by atomic mass is 10.1. The van der Waals surface area contributed by atoms with E-state index in [1.54, 1.807) is 12.1 Å². The maximum absolute atomic E-state index is 12.8. The van der Waals surface area contributed by atoms with Gasteiger partial charge in [0.2, 0.25) is 5.91 Å². The molecule has 0 atom stereocenters. The standard InChI is InChI=1S/C24H25N5O2S/c1-3-12-29-21(15-25-23(31)19-9-6-7-17(2)14-19)26-27-24(29)32-16-22(30)28-13-11-18-8-4-5-10-20(18)28/h3-10,14H,1,11-13,15-16H2,2H3,(H,25,31). The lowest BCUT2D eigenvalue weighted by Crippen LogP contribution is -2.30. The zero-order chi connectivity index (χ0) is 22.5. The first-order valence-electron chi connectivity index (χ1n) is 10.5. The number of carbonyl (C=O) groups excluding carboxylic acids is 2. The van der Waals surface area contributed by atoms with E-state index in [0.717, 1.165) is 17.7 Å². The molecule has 1 N–H and O–H groups in total. The number of anilines is 1. The van der Waals surface area contributed by atoms with Crippen LogP contribution < -0.4 is 10.2 Å². The van der Waals surface area contributed by atoms with Crippen LogP contribution in [0.15, 0.2) is 66.3 Å². The fourth-order valence-electron chi connectivity index (χ4n) is 3.72. The number of allylic oxidation sites excluding steroid dienone is 1. The van der Waals surface area contributed by atoms with Gasteiger partial charge in [-0.25, -0.2) is 0 Å². The smallest absolute Gasteiger partial charge is 0.251 e. The van der Waals surface area contributed by atoms with Crippen molar-refractivity contribution in [2.24, 2.45) is 0 Å². The van der Waals surface area contributed by atoms with Crippen LogP contribution in [0.2, 0.25) is 0 Å². The fraction of sp³-hybridized carbons (Fsp3) is 0.250. The Morgan fingerprint density at radius 2 is 2.03 bits per heavy atom.